The van der Waals surface area contributed by atoms with Crippen molar-refractivity contribution < 1.29 is 19.4 Å². The molecule has 0 fully saturated rings. The maximum absolute atomic E-state index is 12.0. The SMILES string of the molecule is CC(=O)/C(=C/c1ccccc1)Oc1ccccc1OCC(O)CNC(C)(C)C. The van der Waals surface area contributed by atoms with Crippen molar-refractivity contribution in [2.24, 2.45) is 0 Å². The number of β-amino-alcohol motifs (C(OH)–C–C–N with tert-alkyl or cyclic N) is 1. The Kier molecular flexibility index (Phi) is 7.79. The topological polar surface area (TPSA) is 67.8 Å². The van der Waals surface area contributed by atoms with Crippen LogP contribution in [0, 0.1) is 0 Å². The van der Waals surface area contributed by atoms with Gasteiger partial charge in [-0.15, -0.1) is 0 Å². The Balaban J connectivity index is 2.08. The van der Waals surface area contributed by atoms with Gasteiger partial charge in [-0.3, -0.25) is 4.79 Å². The summed E-state index contributed by atoms with van der Waals surface area (Å²) in [4.78, 5) is 12.0. The molecule has 0 spiro atoms. The zero-order chi connectivity index (χ0) is 20.6. The molecule has 150 valence electrons. The van der Waals surface area contributed by atoms with Gasteiger partial charge in [-0.05, 0) is 44.5 Å². The Labute approximate surface area is 167 Å². The van der Waals surface area contributed by atoms with E-state index in [0.29, 0.717) is 18.0 Å². The molecule has 2 rings (SSSR count). The summed E-state index contributed by atoms with van der Waals surface area (Å²) >= 11 is 0. The first-order valence-electron chi connectivity index (χ1n) is 9.35. The van der Waals surface area contributed by atoms with Crippen LogP contribution in [-0.4, -0.2) is 35.7 Å². The molecular weight excluding hydrogens is 354 g/mol. The van der Waals surface area contributed by atoms with Crippen molar-refractivity contribution in [3.05, 3.63) is 65.9 Å². The molecule has 0 aromatic heterocycles. The number of benzene rings is 2. The zero-order valence-corrected chi connectivity index (χ0v) is 16.9. The molecule has 28 heavy (non-hydrogen) atoms. The third-order valence-corrected chi connectivity index (χ3v) is 3.81. The number of aliphatic hydroxyl groups is 1. The minimum absolute atomic E-state index is 0.0827. The lowest BCUT2D eigenvalue weighted by atomic mass is 10.1. The summed E-state index contributed by atoms with van der Waals surface area (Å²) in [6, 6.07) is 16.6. The minimum Gasteiger partial charge on any atom is -0.487 e. The van der Waals surface area contributed by atoms with Crippen molar-refractivity contribution in [2.45, 2.75) is 39.3 Å². The molecule has 0 amide bonds. The van der Waals surface area contributed by atoms with E-state index in [1.807, 2.05) is 57.2 Å². The lowest BCUT2D eigenvalue weighted by Gasteiger charge is -2.23. The number of Topliss-reactive ketones (excluding diaryl/α,β-unsaturated/α-hetero) is 1. The standard InChI is InChI=1S/C23H29NO4/c1-17(25)22(14-18-10-6-5-7-11-18)28-21-13-9-8-12-20(21)27-16-19(26)15-24-23(2,3)4/h5-14,19,24,26H,15-16H2,1-4H3/b22-14-. The number of ketones is 1. The van der Waals surface area contributed by atoms with Crippen molar-refractivity contribution in [3.63, 3.8) is 0 Å². The Hall–Kier alpha value is -2.63. The van der Waals surface area contributed by atoms with Crippen LogP contribution in [0.15, 0.2) is 60.4 Å². The van der Waals surface area contributed by atoms with Gasteiger partial charge >= 0.3 is 0 Å². The summed E-state index contributed by atoms with van der Waals surface area (Å²) in [7, 11) is 0. The molecule has 5 heteroatoms. The highest BCUT2D eigenvalue weighted by atomic mass is 16.5. The van der Waals surface area contributed by atoms with Gasteiger partial charge in [0.2, 0.25) is 0 Å². The van der Waals surface area contributed by atoms with E-state index in [-0.39, 0.29) is 23.7 Å². The second-order valence-corrected chi connectivity index (χ2v) is 7.62. The van der Waals surface area contributed by atoms with Gasteiger partial charge in [-0.25, -0.2) is 0 Å². The highest BCUT2D eigenvalue weighted by Gasteiger charge is 2.15. The Morgan fingerprint density at radius 3 is 2.29 bits per heavy atom. The van der Waals surface area contributed by atoms with Crippen LogP contribution >= 0.6 is 0 Å². The van der Waals surface area contributed by atoms with Crippen LogP contribution in [0.3, 0.4) is 0 Å². The molecule has 1 unspecified atom stereocenters. The maximum atomic E-state index is 12.0. The first kappa shape index (κ1) is 21.7. The van der Waals surface area contributed by atoms with Crippen LogP contribution in [0.25, 0.3) is 6.08 Å². The molecule has 2 N–H and O–H groups in total. The fraction of sp³-hybridized carbons (Fsp3) is 0.348. The molecule has 0 aliphatic carbocycles. The predicted molar refractivity (Wildman–Crippen MR) is 111 cm³/mol. The van der Waals surface area contributed by atoms with Crippen molar-refractivity contribution in [2.75, 3.05) is 13.2 Å². The van der Waals surface area contributed by atoms with E-state index in [1.54, 1.807) is 24.3 Å². The largest absolute Gasteiger partial charge is 0.487 e. The molecular formula is C23H29NO4. The van der Waals surface area contributed by atoms with E-state index >= 15 is 0 Å². The number of nitrogens with one attached hydrogen (secondary N) is 1. The summed E-state index contributed by atoms with van der Waals surface area (Å²) in [6.45, 7) is 8.09. The van der Waals surface area contributed by atoms with Gasteiger partial charge in [0, 0.05) is 19.0 Å². The first-order chi connectivity index (χ1) is 13.2. The Morgan fingerprint density at radius 2 is 1.68 bits per heavy atom. The van der Waals surface area contributed by atoms with Gasteiger partial charge in [0.05, 0.1) is 0 Å². The van der Waals surface area contributed by atoms with Gasteiger partial charge in [-0.1, -0.05) is 42.5 Å². The highest BCUT2D eigenvalue weighted by Crippen LogP contribution is 2.29. The van der Waals surface area contributed by atoms with Gasteiger partial charge < -0.3 is 19.9 Å². The molecule has 0 radical (unpaired) electrons. The Morgan fingerprint density at radius 1 is 1.07 bits per heavy atom. The number of aliphatic hydroxyl groups excluding tert-OH is 1. The predicted octanol–water partition coefficient (Wildman–Crippen LogP) is 3.82. The van der Waals surface area contributed by atoms with Crippen LogP contribution < -0.4 is 14.8 Å². The monoisotopic (exact) mass is 383 g/mol. The van der Waals surface area contributed by atoms with Crippen LogP contribution in [0.4, 0.5) is 0 Å². The second-order valence-electron chi connectivity index (χ2n) is 7.62. The summed E-state index contributed by atoms with van der Waals surface area (Å²) < 4.78 is 11.6. The molecule has 0 saturated heterocycles. The minimum atomic E-state index is -0.667. The lowest BCUT2D eigenvalue weighted by Crippen LogP contribution is -2.42. The molecule has 1 atom stereocenters. The van der Waals surface area contributed by atoms with Gasteiger partial charge in [0.15, 0.2) is 23.0 Å². The number of hydrogen-bond acceptors (Lipinski definition) is 5. The van der Waals surface area contributed by atoms with Crippen molar-refractivity contribution >= 4 is 11.9 Å². The quantitative estimate of drug-likeness (QED) is 0.509. The van der Waals surface area contributed by atoms with Crippen LogP contribution in [0.1, 0.15) is 33.3 Å². The maximum Gasteiger partial charge on any atom is 0.194 e. The van der Waals surface area contributed by atoms with E-state index in [0.717, 1.165) is 5.56 Å². The highest BCUT2D eigenvalue weighted by molar-refractivity contribution is 5.96. The van der Waals surface area contributed by atoms with E-state index in [4.69, 9.17) is 9.47 Å². The molecule has 0 aliphatic rings. The number of hydrogen-bond donors (Lipinski definition) is 2. The average molecular weight is 383 g/mol. The molecule has 5 nitrogen and oxygen atoms in total. The normalized spacial score (nSPS) is 13.1. The van der Waals surface area contributed by atoms with Crippen LogP contribution in [0.5, 0.6) is 11.5 Å². The van der Waals surface area contributed by atoms with Crippen molar-refractivity contribution in [1.82, 2.24) is 5.32 Å². The molecule has 0 heterocycles. The number of para-hydroxylation sites is 2. The van der Waals surface area contributed by atoms with Gasteiger partial charge in [0.1, 0.15) is 12.7 Å². The molecule has 2 aromatic carbocycles. The van der Waals surface area contributed by atoms with Gasteiger partial charge in [0.25, 0.3) is 0 Å². The van der Waals surface area contributed by atoms with Gasteiger partial charge in [-0.2, -0.15) is 0 Å². The van der Waals surface area contributed by atoms with Crippen molar-refractivity contribution in [3.8, 4) is 11.5 Å². The van der Waals surface area contributed by atoms with E-state index in [9.17, 15) is 9.90 Å². The summed E-state index contributed by atoms with van der Waals surface area (Å²) in [5.74, 6) is 0.929. The summed E-state index contributed by atoms with van der Waals surface area (Å²) in [6.07, 6.45) is 1.03. The number of rotatable bonds is 9. The first-order valence-corrected chi connectivity index (χ1v) is 9.35. The van der Waals surface area contributed by atoms with E-state index in [2.05, 4.69) is 5.32 Å². The third-order valence-electron chi connectivity index (χ3n) is 3.81. The smallest absolute Gasteiger partial charge is 0.194 e. The summed E-state index contributed by atoms with van der Waals surface area (Å²) in [5, 5.41) is 13.4. The number of carbonyl (C=O) groups is 1. The molecule has 2 aromatic rings. The Bertz CT molecular complexity index is 794. The number of allylic oxidation sites excluding steroid dienone is 1. The van der Waals surface area contributed by atoms with Crippen molar-refractivity contribution in [1.29, 1.82) is 0 Å². The third kappa shape index (κ3) is 7.55. The van der Waals surface area contributed by atoms with Crippen LogP contribution in [0.2, 0.25) is 0 Å². The fourth-order valence-corrected chi connectivity index (χ4v) is 2.34. The van der Waals surface area contributed by atoms with Crippen LogP contribution in [-0.2, 0) is 4.79 Å². The number of ether oxygens (including phenoxy) is 2. The molecule has 0 saturated carbocycles. The number of carbonyl (C=O) groups excluding carboxylic acids is 1. The molecule has 0 bridgehead atoms. The molecule has 0 aliphatic heterocycles. The lowest BCUT2D eigenvalue weighted by molar-refractivity contribution is -0.115. The zero-order valence-electron chi connectivity index (χ0n) is 16.9. The average Bonchev–Trinajstić information content (AvgIpc) is 2.65. The van der Waals surface area contributed by atoms with E-state index in [1.165, 1.54) is 6.92 Å². The van der Waals surface area contributed by atoms with E-state index < -0.39 is 6.10 Å². The second kappa shape index (κ2) is 10.1. The summed E-state index contributed by atoms with van der Waals surface area (Å²) in [5.41, 5.74) is 0.787. The fourth-order valence-electron chi connectivity index (χ4n) is 2.34.